The first-order valence-electron chi connectivity index (χ1n) is 22.7. The molecule has 2 aromatic heterocycles. The second-order valence-corrected chi connectivity index (χ2v) is 17.7. The Kier molecular flexibility index (Phi) is 8.32. The van der Waals surface area contributed by atoms with Crippen molar-refractivity contribution in [2.45, 2.75) is 12.3 Å². The fourth-order valence-corrected chi connectivity index (χ4v) is 11.7. The van der Waals surface area contributed by atoms with Crippen LogP contribution in [-0.2, 0) is 5.41 Å². The fraction of sp³-hybridized carbons (Fsp3) is 0.0476. The van der Waals surface area contributed by atoms with Gasteiger partial charge in [-0.1, -0.05) is 145 Å². The van der Waals surface area contributed by atoms with E-state index in [9.17, 15) is 0 Å². The van der Waals surface area contributed by atoms with Crippen LogP contribution >= 0.6 is 0 Å². The van der Waals surface area contributed by atoms with Crippen molar-refractivity contribution >= 4 is 60.6 Å². The quantitative estimate of drug-likeness (QED) is 0.152. The lowest BCUT2D eigenvalue weighted by molar-refractivity contribution is 0.764. The van der Waals surface area contributed by atoms with Gasteiger partial charge in [-0.05, 0) is 136 Å². The molecule has 2 heterocycles. The van der Waals surface area contributed by atoms with E-state index < -0.39 is 5.41 Å². The maximum atomic E-state index is 6.02. The number of benzene rings is 9. The molecule has 9 aromatic carbocycles. The molecule has 0 bridgehead atoms. The van der Waals surface area contributed by atoms with Gasteiger partial charge in [-0.25, -0.2) is 0 Å². The summed E-state index contributed by atoms with van der Waals surface area (Å²) in [6.45, 7) is 2.34. The highest BCUT2D eigenvalue weighted by Crippen LogP contribution is 2.63. The second kappa shape index (κ2) is 14.5. The molecule has 1 spiro atoms. The van der Waals surface area contributed by atoms with E-state index in [4.69, 9.17) is 6.42 Å². The molecular weight excluding hydrogens is 799 g/mol. The number of aromatic nitrogens is 2. The molecule has 310 valence electrons. The number of nitrogens with zero attached hydrogens (tertiary/aromatic N) is 3. The minimum atomic E-state index is -0.659. The molecule has 3 nitrogen and oxygen atoms in total. The lowest BCUT2D eigenvalue weighted by atomic mass is 9.70. The van der Waals surface area contributed by atoms with Gasteiger partial charge in [-0.15, -0.1) is 6.42 Å². The van der Waals surface area contributed by atoms with Gasteiger partial charge < -0.3 is 14.0 Å². The number of hydrogen-bond acceptors (Lipinski definition) is 1. The Morgan fingerprint density at radius 2 is 0.924 bits per heavy atom. The molecule has 0 saturated carbocycles. The second-order valence-electron chi connectivity index (χ2n) is 17.7. The van der Waals surface area contributed by atoms with Crippen molar-refractivity contribution in [1.29, 1.82) is 0 Å². The number of anilines is 2. The summed E-state index contributed by atoms with van der Waals surface area (Å²) in [6, 6.07) is 75.9. The third kappa shape index (κ3) is 5.21. The smallest absolute Gasteiger partial charge is 0.0688 e. The van der Waals surface area contributed by atoms with E-state index in [-0.39, 0.29) is 0 Å². The van der Waals surface area contributed by atoms with Gasteiger partial charge in [-0.2, -0.15) is 0 Å². The molecule has 0 radical (unpaired) electrons. The minimum absolute atomic E-state index is 0.659. The van der Waals surface area contributed by atoms with Crippen LogP contribution in [0.1, 0.15) is 29.2 Å². The molecule has 0 N–H and O–H groups in total. The zero-order valence-electron chi connectivity index (χ0n) is 36.7. The summed E-state index contributed by atoms with van der Waals surface area (Å²) >= 11 is 0. The first kappa shape index (κ1) is 37.9. The number of allylic oxidation sites excluding steroid dienone is 4. The predicted octanol–water partition coefficient (Wildman–Crippen LogP) is 15.6. The molecule has 1 unspecified atom stereocenters. The SMILES string of the molecule is C#C/C=C\C1=C(C)C2(c3cc(-n4c5ccccc5c5ccccc54)ccc31)c1cc(N(C)c3ccccc3-c3ccccc3)ccc1-c1ccc(-n3c4ccccc4c4ccccc43)cc12. The van der Waals surface area contributed by atoms with E-state index in [1.54, 1.807) is 0 Å². The number of fused-ring (bicyclic) bond motifs is 13. The number of terminal acetylenes is 1. The summed E-state index contributed by atoms with van der Waals surface area (Å²) < 4.78 is 4.89. The first-order valence-corrected chi connectivity index (χ1v) is 22.7. The number of rotatable bonds is 6. The Labute approximate surface area is 384 Å². The fourth-order valence-electron chi connectivity index (χ4n) is 11.7. The standard InChI is InChI=1S/C63H43N3/c1-4-5-21-46-41(2)63(56-39-44(33-36-48(46)56)65-59-28-15-10-23-51(59)52-24-11-16-29-60(52)65)55-38-43(64(3)58-27-14-9-22-47(58)42-19-7-6-8-20-42)32-35-49(55)50-37-34-45(40-57(50)63)66-61-30-17-12-25-53(61)54-26-13-18-31-62(54)66/h1,5-40H,2-3H3/b21-5-. The molecule has 13 rings (SSSR count). The van der Waals surface area contributed by atoms with Crippen molar-refractivity contribution < 1.29 is 0 Å². The molecule has 3 heteroatoms. The van der Waals surface area contributed by atoms with Crippen LogP contribution in [-0.4, -0.2) is 16.2 Å². The van der Waals surface area contributed by atoms with E-state index in [0.717, 1.165) is 28.3 Å². The summed E-state index contributed by atoms with van der Waals surface area (Å²) in [6.07, 6.45) is 10.0. The normalized spacial score (nSPS) is 15.0. The van der Waals surface area contributed by atoms with E-state index in [1.807, 2.05) is 6.08 Å². The van der Waals surface area contributed by atoms with Crippen LogP contribution in [0.4, 0.5) is 11.4 Å². The van der Waals surface area contributed by atoms with Crippen LogP contribution in [0.15, 0.2) is 224 Å². The Balaban J connectivity index is 1.11. The maximum Gasteiger partial charge on any atom is 0.0688 e. The van der Waals surface area contributed by atoms with Gasteiger partial charge in [0.15, 0.2) is 0 Å². The van der Waals surface area contributed by atoms with Crippen molar-refractivity contribution in [3.05, 3.63) is 246 Å². The van der Waals surface area contributed by atoms with E-state index in [0.29, 0.717) is 0 Å². The molecule has 2 aliphatic rings. The highest BCUT2D eigenvalue weighted by molar-refractivity contribution is 6.11. The molecule has 0 aliphatic heterocycles. The minimum Gasteiger partial charge on any atom is -0.344 e. The molecule has 11 aromatic rings. The van der Waals surface area contributed by atoms with Crippen LogP contribution in [0, 0.1) is 12.3 Å². The summed E-state index contributed by atoms with van der Waals surface area (Å²) in [5.74, 6) is 2.83. The van der Waals surface area contributed by atoms with Crippen LogP contribution in [0.5, 0.6) is 0 Å². The van der Waals surface area contributed by atoms with Crippen molar-refractivity contribution in [1.82, 2.24) is 9.13 Å². The first-order chi connectivity index (χ1) is 32.6. The van der Waals surface area contributed by atoms with Crippen molar-refractivity contribution in [3.63, 3.8) is 0 Å². The topological polar surface area (TPSA) is 13.1 Å². The largest absolute Gasteiger partial charge is 0.344 e. The highest BCUT2D eigenvalue weighted by atomic mass is 15.1. The highest BCUT2D eigenvalue weighted by Gasteiger charge is 2.52. The summed E-state index contributed by atoms with van der Waals surface area (Å²) in [5.41, 5.74) is 20.9. The summed E-state index contributed by atoms with van der Waals surface area (Å²) in [5, 5.41) is 4.97. The van der Waals surface area contributed by atoms with Gasteiger partial charge in [0, 0.05) is 56.9 Å². The molecule has 2 aliphatic carbocycles. The maximum absolute atomic E-state index is 6.02. The van der Waals surface area contributed by atoms with Crippen molar-refractivity contribution in [3.8, 4) is 46.0 Å². The van der Waals surface area contributed by atoms with Crippen molar-refractivity contribution in [2.24, 2.45) is 0 Å². The Morgan fingerprint density at radius 1 is 0.470 bits per heavy atom. The molecule has 0 fully saturated rings. The average molecular weight is 842 g/mol. The van der Waals surface area contributed by atoms with E-state index in [2.05, 4.69) is 246 Å². The van der Waals surface area contributed by atoms with Crippen LogP contribution in [0.25, 0.3) is 82.8 Å². The molecule has 1 atom stereocenters. The summed E-state index contributed by atoms with van der Waals surface area (Å²) in [4.78, 5) is 2.35. The van der Waals surface area contributed by atoms with Crippen molar-refractivity contribution in [2.75, 3.05) is 11.9 Å². The monoisotopic (exact) mass is 841 g/mol. The Bertz CT molecular complexity index is 3820. The van der Waals surface area contributed by atoms with E-state index >= 15 is 0 Å². The van der Waals surface area contributed by atoms with Gasteiger partial charge in [0.2, 0.25) is 0 Å². The van der Waals surface area contributed by atoms with Gasteiger partial charge in [0.05, 0.1) is 27.5 Å². The Hall–Kier alpha value is -8.58. The molecule has 0 saturated heterocycles. The molecule has 0 amide bonds. The number of hydrogen-bond donors (Lipinski definition) is 0. The third-order valence-electron chi connectivity index (χ3n) is 14.5. The van der Waals surface area contributed by atoms with Gasteiger partial charge in [-0.3, -0.25) is 0 Å². The van der Waals surface area contributed by atoms with Gasteiger partial charge >= 0.3 is 0 Å². The summed E-state index contributed by atoms with van der Waals surface area (Å²) in [7, 11) is 2.20. The van der Waals surface area contributed by atoms with Crippen LogP contribution in [0.3, 0.4) is 0 Å². The lowest BCUT2D eigenvalue weighted by Crippen LogP contribution is -2.27. The number of para-hydroxylation sites is 5. The van der Waals surface area contributed by atoms with Gasteiger partial charge in [0.25, 0.3) is 0 Å². The van der Waals surface area contributed by atoms with Gasteiger partial charge in [0.1, 0.15) is 0 Å². The molecular formula is C63H43N3. The third-order valence-corrected chi connectivity index (χ3v) is 14.5. The average Bonchev–Trinajstić information content (AvgIpc) is 4.06. The molecule has 66 heavy (non-hydrogen) atoms. The zero-order chi connectivity index (χ0) is 44.1. The lowest BCUT2D eigenvalue weighted by Gasteiger charge is -2.33. The zero-order valence-corrected chi connectivity index (χ0v) is 36.7. The van der Waals surface area contributed by atoms with E-state index in [1.165, 1.54) is 93.7 Å². The Morgan fingerprint density at radius 3 is 1.48 bits per heavy atom. The van der Waals surface area contributed by atoms with Crippen LogP contribution < -0.4 is 4.90 Å². The predicted molar refractivity (Wildman–Crippen MR) is 277 cm³/mol. The van der Waals surface area contributed by atoms with Crippen LogP contribution in [0.2, 0.25) is 0 Å².